The second-order valence-corrected chi connectivity index (χ2v) is 16.4. The first-order chi connectivity index (χ1) is 30.2. The fourth-order valence-electron chi connectivity index (χ4n) is 7.98. The van der Waals surface area contributed by atoms with E-state index in [2.05, 4.69) is 27.2 Å². The van der Waals surface area contributed by atoms with Crippen LogP contribution in [0.5, 0.6) is 17.4 Å². The van der Waals surface area contributed by atoms with Crippen molar-refractivity contribution in [1.82, 2.24) is 19.5 Å². The summed E-state index contributed by atoms with van der Waals surface area (Å²) in [6.45, 7) is 6.12. The zero-order valence-corrected chi connectivity index (χ0v) is 37.0. The number of methoxy groups -OCH3 is 2. The zero-order chi connectivity index (χ0) is 43.9. The van der Waals surface area contributed by atoms with Crippen molar-refractivity contribution in [3.05, 3.63) is 102 Å². The molecule has 3 aromatic carbocycles. The Labute approximate surface area is 366 Å². The Balaban J connectivity index is 1.20. The van der Waals surface area contributed by atoms with Crippen LogP contribution in [0.4, 0.5) is 5.95 Å². The first-order valence-electron chi connectivity index (χ1n) is 22.4. The molecule has 0 radical (unpaired) electrons. The molecule has 62 heavy (non-hydrogen) atoms. The lowest BCUT2D eigenvalue weighted by Crippen LogP contribution is -2.39. The number of hydrogen-bond acceptors (Lipinski definition) is 11. The van der Waals surface area contributed by atoms with Crippen molar-refractivity contribution < 1.29 is 38.7 Å². The van der Waals surface area contributed by atoms with Crippen LogP contribution in [0.2, 0.25) is 0 Å². The molecule has 0 bridgehead atoms. The van der Waals surface area contributed by atoms with E-state index in [4.69, 9.17) is 23.7 Å². The molecule has 13 heteroatoms. The monoisotopic (exact) mass is 851 g/mol. The van der Waals surface area contributed by atoms with Gasteiger partial charge < -0.3 is 33.9 Å². The Hall–Kier alpha value is -5.08. The number of imidazole rings is 1. The largest absolute Gasteiger partial charge is 0.497 e. The van der Waals surface area contributed by atoms with E-state index in [1.165, 1.54) is 64.1 Å². The minimum Gasteiger partial charge on any atom is -0.497 e. The highest BCUT2D eigenvalue weighted by atomic mass is 16.6. The number of aliphatic hydroxyl groups excluding tert-OH is 2. The molecule has 334 valence electrons. The molecule has 0 saturated carbocycles. The summed E-state index contributed by atoms with van der Waals surface area (Å²) < 4.78 is 32.2. The number of carbonyl (C=O) groups excluding carboxylic acids is 1. The van der Waals surface area contributed by atoms with Crippen LogP contribution in [0, 0.1) is 5.92 Å². The Kier molecular flexibility index (Phi) is 17.1. The molecule has 1 aliphatic rings. The maximum atomic E-state index is 12.8. The van der Waals surface area contributed by atoms with Gasteiger partial charge in [0.1, 0.15) is 35.4 Å². The van der Waals surface area contributed by atoms with Crippen LogP contribution < -0.4 is 19.5 Å². The Morgan fingerprint density at radius 3 is 1.85 bits per heavy atom. The predicted octanol–water partition coefficient (Wildman–Crippen LogP) is 9.15. The molecule has 2 aromatic heterocycles. The van der Waals surface area contributed by atoms with Crippen molar-refractivity contribution in [1.29, 1.82) is 0 Å². The molecule has 13 nitrogen and oxygen atoms in total. The van der Waals surface area contributed by atoms with Crippen molar-refractivity contribution in [2.45, 2.75) is 128 Å². The van der Waals surface area contributed by atoms with E-state index in [1.54, 1.807) is 32.6 Å². The van der Waals surface area contributed by atoms with Crippen LogP contribution in [0.15, 0.2) is 85.2 Å². The highest BCUT2D eigenvalue weighted by Crippen LogP contribution is 2.43. The van der Waals surface area contributed by atoms with Gasteiger partial charge in [0.05, 0.1) is 33.8 Å². The van der Waals surface area contributed by atoms with Gasteiger partial charge in [-0.3, -0.25) is 14.7 Å². The number of hydrogen-bond donors (Lipinski definition) is 3. The number of unbranched alkanes of at least 4 members (excludes halogenated alkanes) is 11. The second-order valence-electron chi connectivity index (χ2n) is 16.4. The second kappa shape index (κ2) is 22.8. The van der Waals surface area contributed by atoms with E-state index in [0.717, 1.165) is 36.0 Å². The van der Waals surface area contributed by atoms with Gasteiger partial charge in [0, 0.05) is 5.92 Å². The number of rotatable bonds is 25. The van der Waals surface area contributed by atoms with Crippen LogP contribution in [0.3, 0.4) is 0 Å². The predicted molar refractivity (Wildman–Crippen MR) is 240 cm³/mol. The van der Waals surface area contributed by atoms with E-state index < -0.39 is 30.1 Å². The molecule has 1 aliphatic heterocycles. The number of amides is 1. The van der Waals surface area contributed by atoms with E-state index >= 15 is 0 Å². The lowest BCUT2D eigenvalue weighted by molar-refractivity contribution is -0.118. The van der Waals surface area contributed by atoms with Gasteiger partial charge in [-0.25, -0.2) is 4.98 Å². The molecule has 1 fully saturated rings. The summed E-state index contributed by atoms with van der Waals surface area (Å²) in [5.41, 5.74) is 1.90. The summed E-state index contributed by atoms with van der Waals surface area (Å²) in [5.74, 6) is 1.05. The number of benzene rings is 3. The highest BCUT2D eigenvalue weighted by Gasteiger charge is 2.47. The highest BCUT2D eigenvalue weighted by molar-refractivity contribution is 5.91. The van der Waals surface area contributed by atoms with Gasteiger partial charge in [-0.2, -0.15) is 9.97 Å². The minimum atomic E-state index is -1.39. The molecule has 6 rings (SSSR count). The third kappa shape index (κ3) is 11.3. The third-order valence-corrected chi connectivity index (χ3v) is 11.6. The van der Waals surface area contributed by atoms with Crippen molar-refractivity contribution >= 4 is 23.0 Å². The van der Waals surface area contributed by atoms with Crippen LogP contribution in [-0.4, -0.2) is 81.4 Å². The molecule has 1 saturated heterocycles. The maximum Gasteiger partial charge on any atom is 0.247 e. The Morgan fingerprint density at radius 2 is 1.31 bits per heavy atom. The van der Waals surface area contributed by atoms with Gasteiger partial charge in [-0.05, 0) is 47.4 Å². The number of aliphatic hydroxyl groups is 2. The first kappa shape index (κ1) is 46.4. The molecule has 5 aromatic rings. The molecule has 0 aliphatic carbocycles. The lowest BCUT2D eigenvalue weighted by atomic mass is 9.80. The summed E-state index contributed by atoms with van der Waals surface area (Å²) in [6, 6.07) is 25.1. The van der Waals surface area contributed by atoms with Crippen molar-refractivity contribution in [2.75, 3.05) is 32.8 Å². The molecule has 3 heterocycles. The minimum absolute atomic E-state index is 0.0437. The molecule has 4 atom stereocenters. The third-order valence-electron chi connectivity index (χ3n) is 11.6. The van der Waals surface area contributed by atoms with E-state index in [-0.39, 0.29) is 35.9 Å². The fraction of sp³-hybridized carbons (Fsp3) is 0.510. The van der Waals surface area contributed by atoms with E-state index in [9.17, 15) is 15.0 Å². The van der Waals surface area contributed by atoms with E-state index in [1.807, 2.05) is 78.9 Å². The molecular weight excluding hydrogens is 787 g/mol. The topological polar surface area (TPSA) is 159 Å². The standard InChI is InChI=1S/C49H65N5O8/c1-6-7-8-9-10-11-12-13-14-15-16-20-31-60-46-41-44(51-48(53-46)52-45(57)34(2)3)54(33-50-41)47-43(56)42(55)40(62-47)32-61-49(35-21-18-17-19-22-35,36-23-27-38(58-4)28-24-36)37-25-29-39(59-5)30-26-37/h17-19,21-30,33-34,40,42-43,47,55-56H,6-16,20,31-32H2,1-5H3,(H,51,52,53,57)/t40-,42-,43-,47-/m1/s1. The van der Waals surface area contributed by atoms with Crippen LogP contribution >= 0.6 is 0 Å². The smallest absolute Gasteiger partial charge is 0.247 e. The average Bonchev–Trinajstić information content (AvgIpc) is 3.85. The number of nitrogens with zero attached hydrogens (tertiary/aromatic N) is 4. The molecule has 0 spiro atoms. The summed E-state index contributed by atoms with van der Waals surface area (Å²) in [4.78, 5) is 26.6. The first-order valence-corrected chi connectivity index (χ1v) is 22.4. The van der Waals surface area contributed by atoms with Gasteiger partial charge >= 0.3 is 0 Å². The summed E-state index contributed by atoms with van der Waals surface area (Å²) in [6.07, 6.45) is 11.4. The number of nitrogens with one attached hydrogen (secondary N) is 1. The number of fused-ring (bicyclic) bond motifs is 1. The summed E-state index contributed by atoms with van der Waals surface area (Å²) >= 11 is 0. The number of ether oxygens (including phenoxy) is 5. The van der Waals surface area contributed by atoms with Crippen molar-refractivity contribution in [3.8, 4) is 17.4 Å². The molecular formula is C49H65N5O8. The molecule has 1 amide bonds. The SMILES string of the molecule is CCCCCCCCCCCCCCOc1nc(NC(=O)C(C)C)nc2c1ncn2[C@@H]1O[C@H](COC(c2ccccc2)(c2ccc(OC)cc2)c2ccc(OC)cc2)[C@@H](O)[C@H]1O. The summed E-state index contributed by atoms with van der Waals surface area (Å²) in [5, 5.41) is 26.0. The van der Waals surface area contributed by atoms with Crippen LogP contribution in [0.25, 0.3) is 11.2 Å². The van der Waals surface area contributed by atoms with Gasteiger partial charge in [-0.1, -0.05) is 146 Å². The lowest BCUT2D eigenvalue weighted by Gasteiger charge is -2.37. The summed E-state index contributed by atoms with van der Waals surface area (Å²) in [7, 11) is 3.23. The molecule has 3 N–H and O–H groups in total. The average molecular weight is 852 g/mol. The Bertz CT molecular complexity index is 2060. The normalized spacial score (nSPS) is 17.7. The van der Waals surface area contributed by atoms with Gasteiger partial charge in [0.25, 0.3) is 0 Å². The fourth-order valence-corrected chi connectivity index (χ4v) is 7.98. The number of carbonyl (C=O) groups is 1. The number of anilines is 1. The maximum absolute atomic E-state index is 12.8. The van der Waals surface area contributed by atoms with Crippen LogP contribution in [-0.2, 0) is 19.9 Å². The quantitative estimate of drug-likeness (QED) is 0.0380. The van der Waals surface area contributed by atoms with Gasteiger partial charge in [0.2, 0.25) is 17.7 Å². The van der Waals surface area contributed by atoms with Gasteiger partial charge in [0.15, 0.2) is 17.4 Å². The Morgan fingerprint density at radius 1 is 0.758 bits per heavy atom. The van der Waals surface area contributed by atoms with Crippen molar-refractivity contribution in [3.63, 3.8) is 0 Å². The van der Waals surface area contributed by atoms with Gasteiger partial charge in [-0.15, -0.1) is 0 Å². The number of aromatic nitrogens is 4. The van der Waals surface area contributed by atoms with Crippen molar-refractivity contribution in [2.24, 2.45) is 5.92 Å². The zero-order valence-electron chi connectivity index (χ0n) is 37.0. The van der Waals surface area contributed by atoms with Crippen LogP contribution in [0.1, 0.15) is 121 Å². The molecule has 0 unspecified atom stereocenters. The van der Waals surface area contributed by atoms with E-state index in [0.29, 0.717) is 23.6 Å².